The number of aromatic nitrogens is 1. The molecule has 8 heavy (non-hydrogen) atoms. The van der Waals surface area contributed by atoms with Crippen LogP contribution in [0.4, 0.5) is 0 Å². The summed E-state index contributed by atoms with van der Waals surface area (Å²) in [4.78, 5) is 3.89. The molecule has 0 aliphatic rings. The molecule has 1 rings (SSSR count). The van der Waals surface area contributed by atoms with Gasteiger partial charge in [-0.15, -0.1) is 0 Å². The van der Waals surface area contributed by atoms with E-state index in [2.05, 4.69) is 11.2 Å². The maximum Gasteiger partial charge on any atom is 1.00 e. The molecule has 38 valence electrons. The molecule has 0 aliphatic carbocycles. The fraction of sp³-hybridized carbons (Fsp3) is 0.400. The van der Waals surface area contributed by atoms with Gasteiger partial charge < -0.3 is 9.40 Å². The van der Waals surface area contributed by atoms with Crippen LogP contribution in [0.3, 0.4) is 0 Å². The van der Waals surface area contributed by atoms with E-state index in [0.717, 1.165) is 5.69 Å². The van der Waals surface area contributed by atoms with Gasteiger partial charge in [0.15, 0.2) is 0 Å². The molecule has 0 fully saturated rings. The number of rotatable bonds is 0. The van der Waals surface area contributed by atoms with Crippen LogP contribution in [0.1, 0.15) is 11.6 Å². The van der Waals surface area contributed by atoms with Crippen LogP contribution in [0.5, 0.6) is 0 Å². The van der Waals surface area contributed by atoms with Gasteiger partial charge in [-0.2, -0.15) is 0 Å². The van der Waals surface area contributed by atoms with E-state index in [4.69, 9.17) is 4.42 Å². The molecule has 0 aromatic carbocycles. The normalized spacial score (nSPS) is 8.25. The largest absolute Gasteiger partial charge is 1.00 e. The summed E-state index contributed by atoms with van der Waals surface area (Å²) in [6.45, 7) is 3.64. The summed E-state index contributed by atoms with van der Waals surface area (Å²) in [7, 11) is 0. The van der Waals surface area contributed by atoms with E-state index in [0.29, 0.717) is 5.89 Å². The molecule has 0 spiro atoms. The Morgan fingerprint density at radius 1 is 1.50 bits per heavy atom. The van der Waals surface area contributed by atoms with Crippen molar-refractivity contribution in [3.8, 4) is 0 Å². The maximum absolute atomic E-state index is 4.73. The molecule has 1 aromatic rings. The first-order valence-electron chi connectivity index (χ1n) is 2.11. The summed E-state index contributed by atoms with van der Waals surface area (Å²) in [6, 6.07) is 0. The van der Waals surface area contributed by atoms with E-state index in [1.54, 1.807) is 6.92 Å². The van der Waals surface area contributed by atoms with Crippen LogP contribution in [-0.2, 0) is 0 Å². The maximum atomic E-state index is 4.73. The number of oxazole rings is 1. The average Bonchev–Trinajstić information content (AvgIpc) is 1.87. The molecule has 0 saturated carbocycles. The molecule has 2 nitrogen and oxygen atoms in total. The van der Waals surface area contributed by atoms with Gasteiger partial charge in [-0.05, 0) is 12.6 Å². The Morgan fingerprint density at radius 2 is 2.12 bits per heavy atom. The van der Waals surface area contributed by atoms with Crippen LogP contribution >= 0.6 is 0 Å². The first kappa shape index (κ1) is 9.02. The zero-order valence-electron chi connectivity index (χ0n) is 5.36. The van der Waals surface area contributed by atoms with Gasteiger partial charge in [0.25, 0.3) is 0 Å². The van der Waals surface area contributed by atoms with Gasteiger partial charge in [-0.25, -0.2) is 0 Å². The van der Waals surface area contributed by atoms with Crippen LogP contribution in [-0.4, -0.2) is 4.98 Å². The van der Waals surface area contributed by atoms with E-state index in [1.165, 1.54) is 0 Å². The Hall–Kier alpha value is 1.02. The Bertz CT molecular complexity index is 145. The van der Waals surface area contributed by atoms with Gasteiger partial charge in [-0.1, -0.05) is 13.2 Å². The Kier molecular flexibility index (Phi) is 4.43. The zero-order valence-corrected chi connectivity index (χ0v) is 10.3. The molecule has 0 radical (unpaired) electrons. The molecule has 0 N–H and O–H groups in total. The van der Waals surface area contributed by atoms with Crippen molar-refractivity contribution in [1.29, 1.82) is 0 Å². The number of nitrogens with zero attached hydrogens (tertiary/aromatic N) is 1. The van der Waals surface area contributed by atoms with E-state index < -0.39 is 0 Å². The summed E-state index contributed by atoms with van der Waals surface area (Å²) in [5.74, 6) is 0.678. The molecular weight excluding hydrogens is 176 g/mol. The molecule has 0 bridgehead atoms. The third-order valence-electron chi connectivity index (χ3n) is 0.672. The van der Waals surface area contributed by atoms with Crippen molar-refractivity contribution < 1.29 is 62.6 Å². The van der Waals surface area contributed by atoms with Crippen molar-refractivity contribution >= 4 is 0 Å². The second-order valence-corrected chi connectivity index (χ2v) is 1.42. The third-order valence-corrected chi connectivity index (χ3v) is 0.672. The minimum Gasteiger partial charge on any atom is -0.630 e. The first-order valence-corrected chi connectivity index (χ1v) is 2.11. The van der Waals surface area contributed by atoms with Crippen molar-refractivity contribution in [3.63, 3.8) is 0 Å². The molecule has 0 saturated heterocycles. The second-order valence-electron chi connectivity index (χ2n) is 1.42. The monoisotopic (exact) mass is 181 g/mol. The summed E-state index contributed by atoms with van der Waals surface area (Å²) >= 11 is 0. The quantitative estimate of drug-likeness (QED) is 0.437. The Labute approximate surface area is 97.5 Å². The Balaban J connectivity index is 0.000000490. The SMILES string of the molecule is Cc1[c-]oc(C)n1.[Rb+]. The van der Waals surface area contributed by atoms with Gasteiger partial charge in [0.05, 0.1) is 0 Å². The van der Waals surface area contributed by atoms with Crippen molar-refractivity contribution in [2.24, 2.45) is 0 Å². The summed E-state index contributed by atoms with van der Waals surface area (Å²) in [6.07, 6.45) is 2.58. The molecule has 0 atom stereocenters. The van der Waals surface area contributed by atoms with Crippen molar-refractivity contribution in [1.82, 2.24) is 4.98 Å². The van der Waals surface area contributed by atoms with Crippen molar-refractivity contribution in [2.45, 2.75) is 13.8 Å². The molecule has 0 amide bonds. The molecule has 1 aromatic heterocycles. The third kappa shape index (κ3) is 2.53. The van der Waals surface area contributed by atoms with Crippen LogP contribution in [0.15, 0.2) is 4.42 Å². The van der Waals surface area contributed by atoms with Gasteiger partial charge in [-0.3, -0.25) is 0 Å². The van der Waals surface area contributed by atoms with E-state index in [9.17, 15) is 0 Å². The van der Waals surface area contributed by atoms with Crippen LogP contribution in [0.25, 0.3) is 0 Å². The zero-order chi connectivity index (χ0) is 5.28. The van der Waals surface area contributed by atoms with E-state index in [1.807, 2.05) is 6.92 Å². The van der Waals surface area contributed by atoms with Crippen LogP contribution in [0, 0.1) is 20.1 Å². The summed E-state index contributed by atoms with van der Waals surface area (Å²) < 4.78 is 4.73. The standard InChI is InChI=1S/C5H6NO.Rb/c1-4-3-7-5(2)6-4;/h1-2H3;/q-1;+1. The minimum atomic E-state index is 0. The minimum absolute atomic E-state index is 0. The van der Waals surface area contributed by atoms with Gasteiger partial charge in [0, 0.05) is 5.89 Å². The first-order chi connectivity index (χ1) is 3.29. The van der Waals surface area contributed by atoms with Crippen LogP contribution in [0.2, 0.25) is 0 Å². The molecular formula is C5H6NORb. The smallest absolute Gasteiger partial charge is 0.630 e. The molecule has 0 unspecified atom stereocenters. The number of aryl methyl sites for hydroxylation is 2. The van der Waals surface area contributed by atoms with E-state index in [-0.39, 0.29) is 58.2 Å². The molecule has 0 aliphatic heterocycles. The molecule has 1 heterocycles. The summed E-state index contributed by atoms with van der Waals surface area (Å²) in [5, 5.41) is 0. The predicted molar refractivity (Wildman–Crippen MR) is 24.8 cm³/mol. The van der Waals surface area contributed by atoms with Crippen molar-refractivity contribution in [3.05, 3.63) is 17.8 Å². The molecule has 3 heteroatoms. The van der Waals surface area contributed by atoms with Gasteiger partial charge in [0.2, 0.25) is 0 Å². The van der Waals surface area contributed by atoms with Gasteiger partial charge >= 0.3 is 58.2 Å². The van der Waals surface area contributed by atoms with Crippen LogP contribution < -0.4 is 58.2 Å². The predicted octanol–water partition coefficient (Wildman–Crippen LogP) is -1.90. The summed E-state index contributed by atoms with van der Waals surface area (Å²) in [5.41, 5.74) is 0.817. The second kappa shape index (κ2) is 3.93. The number of hydrogen-bond acceptors (Lipinski definition) is 2. The number of hydrogen-bond donors (Lipinski definition) is 0. The van der Waals surface area contributed by atoms with Crippen molar-refractivity contribution in [2.75, 3.05) is 0 Å². The fourth-order valence-electron chi connectivity index (χ4n) is 0.430. The van der Waals surface area contributed by atoms with E-state index >= 15 is 0 Å². The Morgan fingerprint density at radius 3 is 2.25 bits per heavy atom. The topological polar surface area (TPSA) is 26.0 Å². The van der Waals surface area contributed by atoms with Gasteiger partial charge in [0.1, 0.15) is 0 Å². The fourth-order valence-corrected chi connectivity index (χ4v) is 0.430. The average molecular weight is 182 g/mol.